The third-order valence-electron chi connectivity index (χ3n) is 3.18. The minimum atomic E-state index is -4.49. The summed E-state index contributed by atoms with van der Waals surface area (Å²) in [5.41, 5.74) is 0. The fourth-order valence-corrected chi connectivity index (χ4v) is 3.98. The number of alkyl halides is 6. The molecule has 0 saturated carbocycles. The molecule has 0 heterocycles. The highest BCUT2D eigenvalue weighted by Gasteiger charge is 2.29. The molecule has 2 rings (SSSR count). The Balaban J connectivity index is 2.07. The Morgan fingerprint density at radius 1 is 0.710 bits per heavy atom. The van der Waals surface area contributed by atoms with Crippen LogP contribution in [-0.4, -0.2) is 31.5 Å². The zero-order valence-corrected chi connectivity index (χ0v) is 18.0. The lowest BCUT2D eigenvalue weighted by atomic mass is 10.2. The molecule has 0 N–H and O–H groups in total. The van der Waals surface area contributed by atoms with E-state index in [1.165, 1.54) is 0 Å². The van der Waals surface area contributed by atoms with Gasteiger partial charge in [-0.3, -0.25) is 0 Å². The Bertz CT molecular complexity index is 854. The molecule has 0 bridgehead atoms. The first-order valence-electron chi connectivity index (χ1n) is 7.88. The first-order valence-corrected chi connectivity index (χ1v) is 10.6. The second-order valence-electron chi connectivity index (χ2n) is 5.64. The van der Waals surface area contributed by atoms with E-state index in [1.54, 1.807) is 0 Å². The average molecular weight is 531 g/mol. The number of rotatable bonds is 8. The highest BCUT2D eigenvalue weighted by molar-refractivity contribution is 7.99. The van der Waals surface area contributed by atoms with Gasteiger partial charge >= 0.3 is 20.0 Å². The topological polar surface area (TPSA) is 18.5 Å². The van der Waals surface area contributed by atoms with Gasteiger partial charge in [0.05, 0.1) is 21.6 Å². The molecule has 0 atom stereocenters. The number of hydrogen-bond acceptors (Lipinski definition) is 4. The Morgan fingerprint density at radius 2 is 1.06 bits per heavy atom. The molecular formula is C16H9BCl2F8O2S2. The van der Waals surface area contributed by atoms with Gasteiger partial charge in [0.1, 0.15) is 11.5 Å². The van der Waals surface area contributed by atoms with Crippen molar-refractivity contribution in [3.63, 3.8) is 0 Å². The van der Waals surface area contributed by atoms with Gasteiger partial charge in [-0.1, -0.05) is 23.2 Å². The van der Waals surface area contributed by atoms with E-state index in [9.17, 15) is 35.1 Å². The third kappa shape index (κ3) is 8.70. The van der Waals surface area contributed by atoms with Crippen LogP contribution < -0.4 is 9.31 Å². The lowest BCUT2D eigenvalue weighted by molar-refractivity contribution is -0.106. The van der Waals surface area contributed by atoms with Crippen LogP contribution in [0.25, 0.3) is 0 Å². The predicted molar refractivity (Wildman–Crippen MR) is 105 cm³/mol. The summed E-state index contributed by atoms with van der Waals surface area (Å²) in [7, 11) is -0.802. The lowest BCUT2D eigenvalue weighted by Crippen LogP contribution is -2.13. The first-order chi connectivity index (χ1) is 14.2. The van der Waals surface area contributed by atoms with Crippen LogP contribution in [0.5, 0.6) is 11.5 Å². The van der Waals surface area contributed by atoms with Crippen molar-refractivity contribution in [2.75, 3.05) is 11.5 Å². The van der Waals surface area contributed by atoms with Crippen LogP contribution in [0.4, 0.5) is 35.1 Å². The summed E-state index contributed by atoms with van der Waals surface area (Å²) in [6.07, 6.45) is -8.97. The molecule has 0 spiro atoms. The van der Waals surface area contributed by atoms with E-state index in [-0.39, 0.29) is 19.8 Å². The fourth-order valence-electron chi connectivity index (χ4n) is 1.94. The number of hydrogen-bond donors (Lipinski definition) is 0. The Hall–Kier alpha value is -1.18. The molecule has 0 amide bonds. The molecule has 170 valence electrons. The molecule has 0 aromatic heterocycles. The van der Waals surface area contributed by atoms with Crippen LogP contribution in [0, 0.1) is 11.6 Å². The minimum Gasteiger partial charge on any atom is -0.526 e. The normalized spacial score (nSPS) is 12.1. The molecule has 2 aromatic carbocycles. The van der Waals surface area contributed by atoms with Crippen molar-refractivity contribution in [1.82, 2.24) is 0 Å². The van der Waals surface area contributed by atoms with Gasteiger partial charge in [0, 0.05) is 9.79 Å². The van der Waals surface area contributed by atoms with E-state index < -0.39 is 54.7 Å². The van der Waals surface area contributed by atoms with E-state index in [4.69, 9.17) is 32.5 Å². The van der Waals surface area contributed by atoms with Crippen molar-refractivity contribution in [1.29, 1.82) is 0 Å². The standard InChI is InChI=1S/C16H9BCl2F8O2S2/c18-7-1-9(20)11(3-13(7)30-5-15(22,23)24)28-17-29-12-4-14(8(19)2-10(12)21)31-6-16(25,26)27/h1-4,17H,5-6H2. The lowest BCUT2D eigenvalue weighted by Gasteiger charge is -2.13. The minimum absolute atomic E-state index is 0.112. The van der Waals surface area contributed by atoms with Gasteiger partial charge in [0.2, 0.25) is 0 Å². The van der Waals surface area contributed by atoms with Crippen molar-refractivity contribution < 1.29 is 44.4 Å². The predicted octanol–water partition coefficient (Wildman–Crippen LogP) is 7.30. The fraction of sp³-hybridized carbons (Fsp3) is 0.250. The molecule has 0 fully saturated rings. The van der Waals surface area contributed by atoms with Crippen LogP contribution in [0.1, 0.15) is 0 Å². The third-order valence-corrected chi connectivity index (χ3v) is 6.27. The van der Waals surface area contributed by atoms with Crippen LogP contribution in [0.3, 0.4) is 0 Å². The summed E-state index contributed by atoms with van der Waals surface area (Å²) in [6.45, 7) is 0. The monoisotopic (exact) mass is 530 g/mol. The van der Waals surface area contributed by atoms with Crippen molar-refractivity contribution in [3.05, 3.63) is 45.9 Å². The highest BCUT2D eigenvalue weighted by atomic mass is 35.5. The quantitative estimate of drug-likeness (QED) is 0.202. The number of thioether (sulfide) groups is 2. The van der Waals surface area contributed by atoms with Crippen molar-refractivity contribution in [2.24, 2.45) is 0 Å². The summed E-state index contributed by atoms with van der Waals surface area (Å²) in [5, 5.41) is -0.537. The van der Waals surface area contributed by atoms with E-state index in [2.05, 4.69) is 0 Å². The zero-order valence-electron chi connectivity index (χ0n) is 14.8. The molecule has 0 unspecified atom stereocenters. The molecule has 0 aliphatic carbocycles. The second kappa shape index (κ2) is 10.6. The molecule has 31 heavy (non-hydrogen) atoms. The van der Waals surface area contributed by atoms with Crippen LogP contribution >= 0.6 is 46.7 Å². The largest absolute Gasteiger partial charge is 0.576 e. The molecule has 15 heteroatoms. The van der Waals surface area contributed by atoms with Crippen molar-refractivity contribution >= 4 is 54.4 Å². The Morgan fingerprint density at radius 3 is 1.39 bits per heavy atom. The van der Waals surface area contributed by atoms with Gasteiger partial charge in [-0.25, -0.2) is 8.78 Å². The molecule has 2 nitrogen and oxygen atoms in total. The Kier molecular flexibility index (Phi) is 8.94. The maximum Gasteiger partial charge on any atom is 0.576 e. The highest BCUT2D eigenvalue weighted by Crippen LogP contribution is 2.37. The van der Waals surface area contributed by atoms with Gasteiger partial charge in [-0.2, -0.15) is 26.3 Å². The summed E-state index contributed by atoms with van der Waals surface area (Å²) in [6, 6.07) is 3.31. The zero-order chi connectivity index (χ0) is 23.4. The SMILES string of the molecule is Fc1cc(Cl)c(SCC(F)(F)F)cc1OBOc1cc(SCC(F)(F)F)c(Cl)cc1F. The Labute approximate surface area is 189 Å². The molecule has 0 saturated heterocycles. The molecule has 0 radical (unpaired) electrons. The van der Waals surface area contributed by atoms with E-state index in [1.807, 2.05) is 0 Å². The molecule has 0 aliphatic rings. The van der Waals surface area contributed by atoms with Gasteiger partial charge in [0.25, 0.3) is 0 Å². The van der Waals surface area contributed by atoms with Gasteiger partial charge in [0.15, 0.2) is 11.6 Å². The molecule has 2 aromatic rings. The van der Waals surface area contributed by atoms with Crippen molar-refractivity contribution in [2.45, 2.75) is 22.1 Å². The molecule has 0 aliphatic heterocycles. The van der Waals surface area contributed by atoms with E-state index in [0.717, 1.165) is 24.3 Å². The number of benzene rings is 2. The van der Waals surface area contributed by atoms with Crippen LogP contribution in [-0.2, 0) is 0 Å². The molecular weight excluding hydrogens is 522 g/mol. The maximum absolute atomic E-state index is 13.9. The average Bonchev–Trinajstić information content (AvgIpc) is 2.61. The summed E-state index contributed by atoms with van der Waals surface area (Å²) in [4.78, 5) is -0.224. The summed E-state index contributed by atoms with van der Waals surface area (Å²) < 4.78 is 112. The van der Waals surface area contributed by atoms with E-state index >= 15 is 0 Å². The summed E-state index contributed by atoms with van der Waals surface area (Å²) in [5.74, 6) is -5.61. The second-order valence-corrected chi connectivity index (χ2v) is 8.49. The van der Waals surface area contributed by atoms with Gasteiger partial charge < -0.3 is 9.31 Å². The van der Waals surface area contributed by atoms with Crippen LogP contribution in [0.2, 0.25) is 10.0 Å². The first kappa shape index (κ1) is 26.1. The van der Waals surface area contributed by atoms with E-state index in [0.29, 0.717) is 23.5 Å². The number of halogens is 10. The maximum atomic E-state index is 13.9. The smallest absolute Gasteiger partial charge is 0.526 e. The van der Waals surface area contributed by atoms with Crippen molar-refractivity contribution in [3.8, 4) is 11.5 Å². The van der Waals surface area contributed by atoms with Crippen LogP contribution in [0.15, 0.2) is 34.1 Å². The van der Waals surface area contributed by atoms with Gasteiger partial charge in [-0.15, -0.1) is 23.5 Å². The van der Waals surface area contributed by atoms with Gasteiger partial charge in [-0.05, 0) is 24.3 Å². The summed E-state index contributed by atoms with van der Waals surface area (Å²) >= 11 is 12.0.